The lowest BCUT2D eigenvalue weighted by Gasteiger charge is -2.37. The average molecular weight is 511 g/mol. The van der Waals surface area contributed by atoms with Gasteiger partial charge in [0.05, 0.1) is 6.61 Å². The molecule has 8 heteroatoms. The maximum atomic E-state index is 12.4. The maximum Gasteiger partial charge on any atom is 0.410 e. The van der Waals surface area contributed by atoms with E-state index < -0.39 is 5.60 Å². The fraction of sp³-hybridized carbons (Fsp3) is 0.586. The van der Waals surface area contributed by atoms with Crippen molar-refractivity contribution in [2.75, 3.05) is 55.7 Å². The molecule has 4 rings (SSSR count). The summed E-state index contributed by atoms with van der Waals surface area (Å²) in [4.78, 5) is 23.6. The lowest BCUT2D eigenvalue weighted by atomic mass is 9.96. The number of hydrogen-bond acceptors (Lipinski definition) is 7. The molecule has 0 spiro atoms. The fourth-order valence-corrected chi connectivity index (χ4v) is 5.20. The molecule has 202 valence electrons. The van der Waals surface area contributed by atoms with Gasteiger partial charge in [-0.3, -0.25) is 0 Å². The third kappa shape index (κ3) is 6.54. The van der Waals surface area contributed by atoms with Crippen molar-refractivity contribution in [2.45, 2.75) is 65.7 Å². The second-order valence-corrected chi connectivity index (χ2v) is 10.9. The summed E-state index contributed by atoms with van der Waals surface area (Å²) in [5.74, 6) is 0.902. The monoisotopic (exact) mass is 510 g/mol. The number of pyridine rings is 1. The van der Waals surface area contributed by atoms with Crippen LogP contribution in [0.4, 0.5) is 16.3 Å². The summed E-state index contributed by atoms with van der Waals surface area (Å²) in [5.41, 5.74) is 4.85. The van der Waals surface area contributed by atoms with Gasteiger partial charge in [-0.2, -0.15) is 0 Å². The molecular formula is C29H42N4O4. The standard InChI is InChI=1S/C29H42N4O4/c1-6-33(25-9-15-36-16-10-25)26-18-23(17-24(20-34)21(26)2)22-7-8-27(30-19-22)31-11-13-32(14-12-31)28(35)37-29(3,4)5/h7-8,17-19,25,34H,6,9-16,20H2,1-5H3. The summed E-state index contributed by atoms with van der Waals surface area (Å²) in [6, 6.07) is 8.91. The van der Waals surface area contributed by atoms with Crippen LogP contribution in [0.15, 0.2) is 30.5 Å². The number of benzene rings is 1. The number of carbonyl (C=O) groups excluding carboxylic acids is 1. The van der Waals surface area contributed by atoms with Crippen LogP contribution in [-0.2, 0) is 16.1 Å². The summed E-state index contributed by atoms with van der Waals surface area (Å²) < 4.78 is 11.1. The van der Waals surface area contributed by atoms with Crippen molar-refractivity contribution in [3.63, 3.8) is 0 Å². The zero-order valence-electron chi connectivity index (χ0n) is 23.0. The minimum Gasteiger partial charge on any atom is -0.444 e. The molecule has 2 saturated heterocycles. The number of ether oxygens (including phenoxy) is 2. The first-order valence-corrected chi connectivity index (χ1v) is 13.5. The molecule has 2 aromatic rings. The Bertz CT molecular complexity index is 1050. The van der Waals surface area contributed by atoms with E-state index in [1.165, 1.54) is 5.69 Å². The van der Waals surface area contributed by atoms with Crippen LogP contribution < -0.4 is 9.80 Å². The molecule has 37 heavy (non-hydrogen) atoms. The highest BCUT2D eigenvalue weighted by Crippen LogP contribution is 2.34. The zero-order valence-corrected chi connectivity index (χ0v) is 23.0. The van der Waals surface area contributed by atoms with Crippen LogP contribution in [0.5, 0.6) is 0 Å². The normalized spacial score (nSPS) is 17.1. The van der Waals surface area contributed by atoms with Gasteiger partial charge in [-0.05, 0) is 88.4 Å². The molecule has 1 N–H and O–H groups in total. The number of aliphatic hydroxyl groups excluding tert-OH is 1. The van der Waals surface area contributed by atoms with Gasteiger partial charge in [0, 0.05) is 69.4 Å². The van der Waals surface area contributed by atoms with Gasteiger partial charge in [-0.25, -0.2) is 9.78 Å². The molecule has 3 heterocycles. The highest BCUT2D eigenvalue weighted by atomic mass is 16.6. The molecule has 8 nitrogen and oxygen atoms in total. The number of amides is 1. The Morgan fingerprint density at radius 2 is 1.84 bits per heavy atom. The molecule has 0 aliphatic carbocycles. The quantitative estimate of drug-likeness (QED) is 0.608. The van der Waals surface area contributed by atoms with Crippen LogP contribution in [0.1, 0.15) is 51.7 Å². The highest BCUT2D eigenvalue weighted by molar-refractivity contribution is 5.73. The van der Waals surface area contributed by atoms with E-state index in [2.05, 4.69) is 41.8 Å². The third-order valence-electron chi connectivity index (χ3n) is 7.28. The zero-order chi connectivity index (χ0) is 26.6. The minimum absolute atomic E-state index is 0.00540. The van der Waals surface area contributed by atoms with Gasteiger partial charge in [0.2, 0.25) is 0 Å². The molecule has 0 radical (unpaired) electrons. The van der Waals surface area contributed by atoms with Gasteiger partial charge >= 0.3 is 6.09 Å². The van der Waals surface area contributed by atoms with E-state index in [0.717, 1.165) is 60.7 Å². The lowest BCUT2D eigenvalue weighted by Crippen LogP contribution is -2.50. The maximum absolute atomic E-state index is 12.4. The molecule has 2 aliphatic rings. The third-order valence-corrected chi connectivity index (χ3v) is 7.28. The Kier molecular flexibility index (Phi) is 8.60. The number of aliphatic hydroxyl groups is 1. The molecule has 1 amide bonds. The minimum atomic E-state index is -0.490. The van der Waals surface area contributed by atoms with Crippen molar-refractivity contribution in [3.05, 3.63) is 41.6 Å². The van der Waals surface area contributed by atoms with E-state index in [-0.39, 0.29) is 12.7 Å². The highest BCUT2D eigenvalue weighted by Gasteiger charge is 2.27. The van der Waals surface area contributed by atoms with Crippen LogP contribution in [-0.4, -0.2) is 78.7 Å². The first-order valence-electron chi connectivity index (χ1n) is 13.5. The van der Waals surface area contributed by atoms with Crippen LogP contribution in [0.25, 0.3) is 11.1 Å². The van der Waals surface area contributed by atoms with Crippen LogP contribution in [0.2, 0.25) is 0 Å². The number of nitrogens with zero attached hydrogens (tertiary/aromatic N) is 4. The SMILES string of the molecule is CCN(c1cc(-c2ccc(N3CCN(C(=O)OC(C)(C)C)CC3)nc2)cc(CO)c1C)C1CCOCC1. The van der Waals surface area contributed by atoms with E-state index in [1.807, 2.05) is 33.0 Å². The number of rotatable bonds is 6. The summed E-state index contributed by atoms with van der Waals surface area (Å²) in [6.07, 6.45) is 3.69. The molecule has 0 unspecified atom stereocenters. The average Bonchev–Trinajstić information content (AvgIpc) is 2.90. The Hall–Kier alpha value is -2.84. The van der Waals surface area contributed by atoms with Crippen molar-refractivity contribution in [3.8, 4) is 11.1 Å². The Morgan fingerprint density at radius 3 is 2.41 bits per heavy atom. The van der Waals surface area contributed by atoms with E-state index in [1.54, 1.807) is 4.90 Å². The first kappa shape index (κ1) is 27.2. The topological polar surface area (TPSA) is 78.4 Å². The van der Waals surface area contributed by atoms with Gasteiger partial charge in [0.25, 0.3) is 0 Å². The molecule has 1 aromatic carbocycles. The van der Waals surface area contributed by atoms with Crippen molar-refractivity contribution in [1.29, 1.82) is 0 Å². The van der Waals surface area contributed by atoms with Gasteiger partial charge < -0.3 is 29.3 Å². The summed E-state index contributed by atoms with van der Waals surface area (Å²) in [6.45, 7) is 15.1. The molecule has 2 fully saturated rings. The fourth-order valence-electron chi connectivity index (χ4n) is 5.20. The number of piperazine rings is 1. The summed E-state index contributed by atoms with van der Waals surface area (Å²) in [7, 11) is 0. The number of anilines is 2. The van der Waals surface area contributed by atoms with E-state index >= 15 is 0 Å². The smallest absolute Gasteiger partial charge is 0.410 e. The van der Waals surface area contributed by atoms with Crippen molar-refractivity contribution < 1.29 is 19.4 Å². The van der Waals surface area contributed by atoms with Gasteiger partial charge in [-0.15, -0.1) is 0 Å². The summed E-state index contributed by atoms with van der Waals surface area (Å²) >= 11 is 0. The molecule has 1 aromatic heterocycles. The Labute approximate surface area is 221 Å². The number of aromatic nitrogens is 1. The number of hydrogen-bond donors (Lipinski definition) is 1. The van der Waals surface area contributed by atoms with E-state index in [9.17, 15) is 9.90 Å². The first-order chi connectivity index (χ1) is 17.7. The van der Waals surface area contributed by atoms with Crippen molar-refractivity contribution in [2.24, 2.45) is 0 Å². The molecule has 0 bridgehead atoms. The Balaban J connectivity index is 1.49. The van der Waals surface area contributed by atoms with Crippen molar-refractivity contribution in [1.82, 2.24) is 9.88 Å². The van der Waals surface area contributed by atoms with Gasteiger partial charge in [0.15, 0.2) is 0 Å². The largest absolute Gasteiger partial charge is 0.444 e. The molecular weight excluding hydrogens is 468 g/mol. The van der Waals surface area contributed by atoms with E-state index in [0.29, 0.717) is 32.2 Å². The van der Waals surface area contributed by atoms with E-state index in [4.69, 9.17) is 14.5 Å². The predicted octanol–water partition coefficient (Wildman–Crippen LogP) is 4.61. The van der Waals surface area contributed by atoms with Crippen LogP contribution in [0, 0.1) is 6.92 Å². The Morgan fingerprint density at radius 1 is 1.14 bits per heavy atom. The molecule has 0 saturated carbocycles. The number of carbonyl (C=O) groups is 1. The van der Waals surface area contributed by atoms with Crippen LogP contribution in [0.3, 0.4) is 0 Å². The van der Waals surface area contributed by atoms with Crippen LogP contribution >= 0.6 is 0 Å². The van der Waals surface area contributed by atoms with Crippen molar-refractivity contribution >= 4 is 17.6 Å². The predicted molar refractivity (Wildman–Crippen MR) is 147 cm³/mol. The molecule has 0 atom stereocenters. The lowest BCUT2D eigenvalue weighted by molar-refractivity contribution is 0.0240. The summed E-state index contributed by atoms with van der Waals surface area (Å²) in [5, 5.41) is 10.1. The van der Waals surface area contributed by atoms with Gasteiger partial charge in [0.1, 0.15) is 11.4 Å². The second-order valence-electron chi connectivity index (χ2n) is 10.9. The molecule has 2 aliphatic heterocycles. The van der Waals surface area contributed by atoms with Gasteiger partial charge in [-0.1, -0.05) is 0 Å². The second kappa shape index (κ2) is 11.7.